The van der Waals surface area contributed by atoms with Gasteiger partial charge in [-0.2, -0.15) is 0 Å². The molecule has 22 heavy (non-hydrogen) atoms. The Bertz CT molecular complexity index is 717. The lowest BCUT2D eigenvalue weighted by atomic mass is 10.2. The Morgan fingerprint density at radius 2 is 2.23 bits per heavy atom. The number of aromatic nitrogens is 1. The van der Waals surface area contributed by atoms with Crippen molar-refractivity contribution in [2.24, 2.45) is 0 Å². The summed E-state index contributed by atoms with van der Waals surface area (Å²) < 4.78 is 0. The summed E-state index contributed by atoms with van der Waals surface area (Å²) in [6, 6.07) is 7.96. The van der Waals surface area contributed by atoms with Crippen LogP contribution in [0.2, 0.25) is 5.02 Å². The highest BCUT2D eigenvalue weighted by Crippen LogP contribution is 2.25. The average Bonchev–Trinajstić information content (AvgIpc) is 2.53. The van der Waals surface area contributed by atoms with Crippen molar-refractivity contribution in [3.63, 3.8) is 0 Å². The van der Waals surface area contributed by atoms with Crippen LogP contribution in [0.4, 0.5) is 5.69 Å². The number of hydrogen-bond acceptors (Lipinski definition) is 4. The van der Waals surface area contributed by atoms with Crippen molar-refractivity contribution in [1.82, 2.24) is 10.3 Å². The van der Waals surface area contributed by atoms with Crippen molar-refractivity contribution >= 4 is 29.3 Å². The monoisotopic (exact) mass is 317 g/mol. The van der Waals surface area contributed by atoms with Gasteiger partial charge in [0.2, 0.25) is 5.91 Å². The fourth-order valence-corrected chi connectivity index (χ4v) is 1.88. The van der Waals surface area contributed by atoms with Gasteiger partial charge in [0.1, 0.15) is 5.02 Å². The van der Waals surface area contributed by atoms with E-state index in [0.29, 0.717) is 12.1 Å². The molecule has 0 aliphatic heterocycles. The first-order valence-electron chi connectivity index (χ1n) is 6.35. The molecule has 0 unspecified atom stereocenters. The van der Waals surface area contributed by atoms with E-state index in [1.165, 1.54) is 24.3 Å². The number of hydrogen-bond donors (Lipinski definition) is 1. The predicted octanol–water partition coefficient (Wildman–Crippen LogP) is 2.97. The highest BCUT2D eigenvalue weighted by atomic mass is 35.5. The first-order valence-corrected chi connectivity index (χ1v) is 6.73. The number of nitrogens with zero attached hydrogens (tertiary/aromatic N) is 2. The lowest BCUT2D eigenvalue weighted by Gasteiger charge is -2.01. The molecule has 1 aromatic carbocycles. The molecule has 6 nitrogen and oxygen atoms in total. The van der Waals surface area contributed by atoms with Gasteiger partial charge in [0.15, 0.2) is 0 Å². The fraction of sp³-hybridized carbons (Fsp3) is 0.0667. The lowest BCUT2D eigenvalue weighted by Crippen LogP contribution is -2.20. The predicted molar refractivity (Wildman–Crippen MR) is 83.2 cm³/mol. The molecule has 0 aliphatic rings. The van der Waals surface area contributed by atoms with Gasteiger partial charge in [0.25, 0.3) is 5.69 Å². The molecule has 7 heteroatoms. The summed E-state index contributed by atoms with van der Waals surface area (Å²) in [5.74, 6) is -0.304. The van der Waals surface area contributed by atoms with Crippen molar-refractivity contribution in [3.05, 3.63) is 75.1 Å². The Kier molecular flexibility index (Phi) is 5.21. The largest absolute Gasteiger partial charge is 0.348 e. The molecular weight excluding hydrogens is 306 g/mol. The minimum Gasteiger partial charge on any atom is -0.348 e. The number of rotatable bonds is 5. The van der Waals surface area contributed by atoms with Crippen LogP contribution < -0.4 is 5.32 Å². The number of pyridine rings is 1. The van der Waals surface area contributed by atoms with Crippen LogP contribution in [0.15, 0.2) is 48.8 Å². The number of halogens is 1. The highest BCUT2D eigenvalue weighted by Gasteiger charge is 2.11. The Morgan fingerprint density at radius 1 is 1.41 bits per heavy atom. The van der Waals surface area contributed by atoms with Crippen molar-refractivity contribution in [3.8, 4) is 0 Å². The van der Waals surface area contributed by atoms with E-state index in [0.717, 1.165) is 5.56 Å². The SMILES string of the molecule is O=C(C=Cc1ccc(Cl)c([N+](=O)[O-])c1)NCc1cccnc1. The number of carbonyl (C=O) groups is 1. The number of nitro benzene ring substituents is 1. The molecule has 0 fully saturated rings. The third-order valence-corrected chi connectivity index (χ3v) is 3.10. The maximum atomic E-state index is 11.7. The minimum absolute atomic E-state index is 0.0585. The van der Waals surface area contributed by atoms with Crippen LogP contribution in [0.5, 0.6) is 0 Å². The summed E-state index contributed by atoms with van der Waals surface area (Å²) in [6.45, 7) is 0.359. The van der Waals surface area contributed by atoms with Gasteiger partial charge in [0, 0.05) is 31.1 Å². The van der Waals surface area contributed by atoms with Crippen LogP contribution in [0.1, 0.15) is 11.1 Å². The zero-order valence-electron chi connectivity index (χ0n) is 11.4. The number of carbonyl (C=O) groups excluding carboxylic acids is 1. The van der Waals surface area contributed by atoms with Crippen LogP contribution >= 0.6 is 11.6 Å². The molecule has 0 atom stereocenters. The summed E-state index contributed by atoms with van der Waals surface area (Å²) in [7, 11) is 0. The zero-order chi connectivity index (χ0) is 15.9. The summed E-state index contributed by atoms with van der Waals surface area (Å²) in [5.41, 5.74) is 1.21. The van der Waals surface area contributed by atoms with E-state index < -0.39 is 4.92 Å². The Balaban J connectivity index is 1.98. The fourth-order valence-electron chi connectivity index (χ4n) is 1.70. The third kappa shape index (κ3) is 4.39. The van der Waals surface area contributed by atoms with E-state index in [1.807, 2.05) is 6.07 Å². The molecule has 2 rings (SSSR count). The van der Waals surface area contributed by atoms with Crippen molar-refractivity contribution in [2.45, 2.75) is 6.54 Å². The molecule has 0 saturated heterocycles. The molecule has 112 valence electrons. The molecule has 0 aliphatic carbocycles. The van der Waals surface area contributed by atoms with Crippen LogP contribution in [-0.4, -0.2) is 15.8 Å². The second kappa shape index (κ2) is 7.33. The number of benzene rings is 1. The number of amides is 1. The minimum atomic E-state index is -0.567. The smallest absolute Gasteiger partial charge is 0.288 e. The molecule has 1 aromatic heterocycles. The van der Waals surface area contributed by atoms with E-state index in [9.17, 15) is 14.9 Å². The molecule has 0 bridgehead atoms. The van der Waals surface area contributed by atoms with Crippen LogP contribution in [0.25, 0.3) is 6.08 Å². The van der Waals surface area contributed by atoms with Gasteiger partial charge < -0.3 is 5.32 Å². The van der Waals surface area contributed by atoms with Crippen LogP contribution in [-0.2, 0) is 11.3 Å². The van der Waals surface area contributed by atoms with E-state index in [-0.39, 0.29) is 16.6 Å². The quantitative estimate of drug-likeness (QED) is 0.522. The Labute approximate surface area is 131 Å². The van der Waals surface area contributed by atoms with Gasteiger partial charge >= 0.3 is 0 Å². The first kappa shape index (κ1) is 15.7. The standard InChI is InChI=1S/C15H12ClN3O3/c16-13-5-3-11(8-14(13)19(21)22)4-6-15(20)18-10-12-2-1-7-17-9-12/h1-9H,10H2,(H,18,20). The van der Waals surface area contributed by atoms with Gasteiger partial charge in [0.05, 0.1) is 4.92 Å². The topological polar surface area (TPSA) is 85.1 Å². The Morgan fingerprint density at radius 3 is 2.91 bits per heavy atom. The molecule has 0 saturated carbocycles. The first-order chi connectivity index (χ1) is 10.6. The maximum absolute atomic E-state index is 11.7. The maximum Gasteiger partial charge on any atom is 0.288 e. The lowest BCUT2D eigenvalue weighted by molar-refractivity contribution is -0.384. The van der Waals surface area contributed by atoms with E-state index in [4.69, 9.17) is 11.6 Å². The van der Waals surface area contributed by atoms with Crippen molar-refractivity contribution in [2.75, 3.05) is 0 Å². The second-order valence-corrected chi connectivity index (χ2v) is 4.79. The van der Waals surface area contributed by atoms with Gasteiger partial charge in [-0.1, -0.05) is 23.7 Å². The van der Waals surface area contributed by atoms with Gasteiger partial charge in [-0.05, 0) is 29.3 Å². The molecular formula is C15H12ClN3O3. The molecule has 2 aromatic rings. The normalized spacial score (nSPS) is 10.6. The number of nitrogens with one attached hydrogen (secondary N) is 1. The molecule has 1 heterocycles. The summed E-state index contributed by atoms with van der Waals surface area (Å²) >= 11 is 5.72. The van der Waals surface area contributed by atoms with Crippen molar-refractivity contribution in [1.29, 1.82) is 0 Å². The van der Waals surface area contributed by atoms with Crippen LogP contribution in [0, 0.1) is 10.1 Å². The summed E-state index contributed by atoms with van der Waals surface area (Å²) in [4.78, 5) is 25.9. The van der Waals surface area contributed by atoms with Crippen molar-refractivity contribution < 1.29 is 9.72 Å². The molecule has 1 amide bonds. The molecule has 0 radical (unpaired) electrons. The van der Waals surface area contributed by atoms with E-state index in [2.05, 4.69) is 10.3 Å². The third-order valence-electron chi connectivity index (χ3n) is 2.78. The second-order valence-electron chi connectivity index (χ2n) is 4.38. The highest BCUT2D eigenvalue weighted by molar-refractivity contribution is 6.32. The Hall–Kier alpha value is -2.73. The van der Waals surface area contributed by atoms with Gasteiger partial charge in [-0.25, -0.2) is 0 Å². The van der Waals surface area contributed by atoms with Crippen LogP contribution in [0.3, 0.4) is 0 Å². The van der Waals surface area contributed by atoms with Gasteiger partial charge in [-0.3, -0.25) is 19.9 Å². The summed E-state index contributed by atoms with van der Waals surface area (Å²) in [6.07, 6.45) is 6.11. The average molecular weight is 318 g/mol. The molecule has 1 N–H and O–H groups in total. The zero-order valence-corrected chi connectivity index (χ0v) is 12.2. The molecule has 0 spiro atoms. The van der Waals surface area contributed by atoms with E-state index in [1.54, 1.807) is 24.5 Å². The van der Waals surface area contributed by atoms with Gasteiger partial charge in [-0.15, -0.1) is 0 Å². The summed E-state index contributed by atoms with van der Waals surface area (Å²) in [5, 5.41) is 13.5. The number of nitro groups is 1. The van der Waals surface area contributed by atoms with E-state index >= 15 is 0 Å².